The average Bonchev–Trinajstić information content (AvgIpc) is 3.23. The van der Waals surface area contributed by atoms with E-state index in [-0.39, 0.29) is 11.3 Å². The van der Waals surface area contributed by atoms with Crippen molar-refractivity contribution in [3.8, 4) is 17.7 Å². The fourth-order valence-corrected chi connectivity index (χ4v) is 5.11. The van der Waals surface area contributed by atoms with E-state index in [0.717, 1.165) is 43.3 Å². The highest BCUT2D eigenvalue weighted by Gasteiger charge is 2.35. The van der Waals surface area contributed by atoms with E-state index in [0.29, 0.717) is 29.4 Å². The van der Waals surface area contributed by atoms with Gasteiger partial charge in [-0.2, -0.15) is 5.26 Å². The van der Waals surface area contributed by atoms with Crippen LogP contribution in [0.3, 0.4) is 0 Å². The van der Waals surface area contributed by atoms with Crippen molar-refractivity contribution in [2.24, 2.45) is 11.3 Å². The third-order valence-electron chi connectivity index (χ3n) is 6.69. The second kappa shape index (κ2) is 9.59. The number of carbonyl (C=O) groups is 1. The fourth-order valence-electron chi connectivity index (χ4n) is 5.11. The van der Waals surface area contributed by atoms with Crippen molar-refractivity contribution in [3.05, 3.63) is 42.4 Å². The molecule has 0 saturated heterocycles. The number of rotatable bonds is 7. The maximum absolute atomic E-state index is 12.2. The Morgan fingerprint density at radius 1 is 1.32 bits per heavy atom. The van der Waals surface area contributed by atoms with Crippen LogP contribution in [0, 0.1) is 22.7 Å². The minimum atomic E-state index is -1.04. The van der Waals surface area contributed by atoms with Crippen LogP contribution in [0.4, 0.5) is 10.5 Å². The quantitative estimate of drug-likeness (QED) is 0.540. The summed E-state index contributed by atoms with van der Waals surface area (Å²) < 4.78 is 12.7. The Balaban J connectivity index is 1.54. The van der Waals surface area contributed by atoms with Crippen molar-refractivity contribution in [3.63, 3.8) is 0 Å². The number of amides is 1. The van der Waals surface area contributed by atoms with Gasteiger partial charge in [0.25, 0.3) is 0 Å². The molecule has 9 heteroatoms. The predicted octanol–water partition coefficient (Wildman–Crippen LogP) is 4.70. The van der Waals surface area contributed by atoms with Crippen LogP contribution in [-0.4, -0.2) is 46.5 Å². The number of nitriles is 1. The molecule has 1 aliphatic rings. The Labute approximate surface area is 198 Å². The van der Waals surface area contributed by atoms with E-state index in [9.17, 15) is 15.2 Å². The number of hydrogen-bond acceptors (Lipinski definition) is 6. The molecule has 0 spiro atoms. The summed E-state index contributed by atoms with van der Waals surface area (Å²) in [6.07, 6.45) is 6.16. The Kier molecular flexibility index (Phi) is 6.59. The number of ether oxygens (including phenoxy) is 2. The van der Waals surface area contributed by atoms with Gasteiger partial charge in [0, 0.05) is 19.2 Å². The summed E-state index contributed by atoms with van der Waals surface area (Å²) in [5.74, 6) is 0.959. The fraction of sp³-hybridized carbons (Fsp3) is 0.440. The molecule has 3 aromatic rings. The van der Waals surface area contributed by atoms with Crippen molar-refractivity contribution < 1.29 is 19.4 Å². The largest absolute Gasteiger partial charge is 0.494 e. The van der Waals surface area contributed by atoms with Gasteiger partial charge in [-0.1, -0.05) is 13.3 Å². The first-order chi connectivity index (χ1) is 16.4. The summed E-state index contributed by atoms with van der Waals surface area (Å²) in [6, 6.07) is 9.32. The SMILES string of the molecule is COc1cc(OC)c(N(CC2CCC[C@](C)(Cn3cnc4ccc(C#N)cc43)C2)C(=O)O)cn1. The van der Waals surface area contributed by atoms with E-state index < -0.39 is 6.09 Å². The third kappa shape index (κ3) is 4.76. The van der Waals surface area contributed by atoms with Crippen LogP contribution in [0.25, 0.3) is 11.0 Å². The van der Waals surface area contributed by atoms with Gasteiger partial charge in [0.15, 0.2) is 0 Å². The molecule has 0 bridgehead atoms. The van der Waals surface area contributed by atoms with E-state index in [2.05, 4.69) is 27.5 Å². The number of fused-ring (bicyclic) bond motifs is 1. The summed E-state index contributed by atoms with van der Waals surface area (Å²) in [6.45, 7) is 3.37. The van der Waals surface area contributed by atoms with Crippen molar-refractivity contribution in [1.82, 2.24) is 14.5 Å². The lowest BCUT2D eigenvalue weighted by molar-refractivity contribution is 0.136. The van der Waals surface area contributed by atoms with Gasteiger partial charge in [-0.15, -0.1) is 0 Å². The van der Waals surface area contributed by atoms with Crippen molar-refractivity contribution in [1.29, 1.82) is 5.26 Å². The summed E-state index contributed by atoms with van der Waals surface area (Å²) in [7, 11) is 3.01. The molecule has 1 aromatic carbocycles. The molecule has 1 aliphatic carbocycles. The Bertz CT molecular complexity index is 1230. The van der Waals surface area contributed by atoms with E-state index in [1.54, 1.807) is 12.1 Å². The second-order valence-electron chi connectivity index (χ2n) is 9.25. The number of hydrogen-bond donors (Lipinski definition) is 1. The number of aromatic nitrogens is 3. The van der Waals surface area contributed by atoms with Gasteiger partial charge >= 0.3 is 6.09 Å². The molecule has 2 heterocycles. The number of imidazole rings is 1. The molecule has 0 radical (unpaired) electrons. The molecular formula is C25H29N5O4. The van der Waals surface area contributed by atoms with Crippen molar-refractivity contribution in [2.75, 3.05) is 25.7 Å². The molecule has 1 saturated carbocycles. The monoisotopic (exact) mass is 463 g/mol. The van der Waals surface area contributed by atoms with E-state index in [1.807, 2.05) is 18.5 Å². The van der Waals surface area contributed by atoms with Gasteiger partial charge in [0.05, 0.1) is 49.4 Å². The summed E-state index contributed by atoms with van der Waals surface area (Å²) in [4.78, 5) is 22.2. The van der Waals surface area contributed by atoms with Crippen molar-refractivity contribution >= 4 is 22.8 Å². The van der Waals surface area contributed by atoms with E-state index in [4.69, 9.17) is 9.47 Å². The first-order valence-electron chi connectivity index (χ1n) is 11.3. The highest BCUT2D eigenvalue weighted by atomic mass is 16.5. The molecule has 2 aromatic heterocycles. The zero-order valence-electron chi connectivity index (χ0n) is 19.7. The topological polar surface area (TPSA) is 114 Å². The maximum atomic E-state index is 12.2. The normalized spacial score (nSPS) is 20.0. The molecule has 178 valence electrons. The van der Waals surface area contributed by atoms with E-state index >= 15 is 0 Å². The number of benzene rings is 1. The molecule has 1 unspecified atom stereocenters. The van der Waals surface area contributed by atoms with Gasteiger partial charge in [0.2, 0.25) is 5.88 Å². The van der Waals surface area contributed by atoms with Gasteiger partial charge < -0.3 is 19.1 Å². The van der Waals surface area contributed by atoms with Gasteiger partial charge in [0.1, 0.15) is 11.4 Å². The zero-order chi connectivity index (χ0) is 24.3. The minimum Gasteiger partial charge on any atom is -0.494 e. The zero-order valence-corrected chi connectivity index (χ0v) is 19.7. The number of nitrogens with zero attached hydrogens (tertiary/aromatic N) is 5. The van der Waals surface area contributed by atoms with Crippen molar-refractivity contribution in [2.45, 2.75) is 39.2 Å². The molecule has 9 nitrogen and oxygen atoms in total. The number of anilines is 1. The Morgan fingerprint density at radius 2 is 2.15 bits per heavy atom. The first kappa shape index (κ1) is 23.4. The predicted molar refractivity (Wildman–Crippen MR) is 127 cm³/mol. The van der Waals surface area contributed by atoms with E-state index in [1.165, 1.54) is 25.3 Å². The average molecular weight is 464 g/mol. The Morgan fingerprint density at radius 3 is 2.85 bits per heavy atom. The van der Waals surface area contributed by atoms with Crippen LogP contribution >= 0.6 is 0 Å². The summed E-state index contributed by atoms with van der Waals surface area (Å²) in [5, 5.41) is 19.3. The molecule has 2 atom stereocenters. The smallest absolute Gasteiger partial charge is 0.411 e. The molecule has 34 heavy (non-hydrogen) atoms. The summed E-state index contributed by atoms with van der Waals surface area (Å²) in [5.41, 5.74) is 2.81. The lowest BCUT2D eigenvalue weighted by atomic mass is 9.70. The maximum Gasteiger partial charge on any atom is 0.411 e. The summed E-state index contributed by atoms with van der Waals surface area (Å²) >= 11 is 0. The molecule has 4 rings (SSSR count). The number of carboxylic acid groups (broad SMARTS) is 1. The van der Waals surface area contributed by atoms with Crippen LogP contribution in [0.15, 0.2) is 36.8 Å². The standard InChI is InChI=1S/C25H29N5O4/c1-25(15-29-16-28-19-7-6-17(12-26)9-20(19)29)8-4-5-18(11-25)14-30(24(31)32)21-13-27-23(34-3)10-22(21)33-2/h6-7,9-10,13,16,18H,4-5,8,11,14-15H2,1-3H3,(H,31,32)/t18?,25-/m0/s1. The molecule has 1 fully saturated rings. The van der Waals surface area contributed by atoms with Crippen LogP contribution in [-0.2, 0) is 6.54 Å². The molecule has 1 amide bonds. The Hall–Kier alpha value is -3.80. The second-order valence-corrected chi connectivity index (χ2v) is 9.25. The number of methoxy groups -OCH3 is 2. The van der Waals surface area contributed by atoms with Crippen LogP contribution < -0.4 is 14.4 Å². The number of pyridine rings is 1. The molecular weight excluding hydrogens is 434 g/mol. The molecule has 1 N–H and O–H groups in total. The highest BCUT2D eigenvalue weighted by Crippen LogP contribution is 2.42. The third-order valence-corrected chi connectivity index (χ3v) is 6.69. The lowest BCUT2D eigenvalue weighted by Crippen LogP contribution is -2.39. The molecule has 0 aliphatic heterocycles. The van der Waals surface area contributed by atoms with Crippen LogP contribution in [0.5, 0.6) is 11.6 Å². The lowest BCUT2D eigenvalue weighted by Gasteiger charge is -2.40. The van der Waals surface area contributed by atoms with Gasteiger partial charge in [-0.25, -0.2) is 14.8 Å². The van der Waals surface area contributed by atoms with Crippen LogP contribution in [0.1, 0.15) is 38.2 Å². The van der Waals surface area contributed by atoms with Gasteiger partial charge in [-0.3, -0.25) is 4.90 Å². The first-order valence-corrected chi connectivity index (χ1v) is 11.3. The van der Waals surface area contributed by atoms with Crippen LogP contribution in [0.2, 0.25) is 0 Å². The highest BCUT2D eigenvalue weighted by molar-refractivity contribution is 5.88. The van der Waals surface area contributed by atoms with Gasteiger partial charge in [-0.05, 0) is 48.8 Å². The minimum absolute atomic E-state index is 0.0222.